The molecule has 1 aromatic rings. The van der Waals surface area contributed by atoms with Crippen molar-refractivity contribution >= 4 is 5.84 Å². The summed E-state index contributed by atoms with van der Waals surface area (Å²) in [6.45, 7) is 5.89. The van der Waals surface area contributed by atoms with Crippen LogP contribution in [0.1, 0.15) is 32.3 Å². The van der Waals surface area contributed by atoms with Gasteiger partial charge in [-0.25, -0.2) is 0 Å². The minimum atomic E-state index is -0.283. The first-order valence-electron chi connectivity index (χ1n) is 7.10. The minimum absolute atomic E-state index is 0.276. The molecular formula is C15H23N3O3. The van der Waals surface area contributed by atoms with Crippen molar-refractivity contribution < 1.29 is 14.7 Å². The van der Waals surface area contributed by atoms with Crippen molar-refractivity contribution in [3.63, 3.8) is 0 Å². The van der Waals surface area contributed by atoms with Crippen LogP contribution in [0.2, 0.25) is 0 Å². The lowest BCUT2D eigenvalue weighted by molar-refractivity contribution is 0.174. The van der Waals surface area contributed by atoms with Gasteiger partial charge in [0.2, 0.25) is 6.79 Å². The van der Waals surface area contributed by atoms with E-state index in [1.54, 1.807) is 0 Å². The zero-order chi connectivity index (χ0) is 15.3. The molecule has 4 N–H and O–H groups in total. The number of oxime groups is 1. The van der Waals surface area contributed by atoms with E-state index in [0.29, 0.717) is 6.79 Å². The van der Waals surface area contributed by atoms with E-state index >= 15 is 0 Å². The molecule has 116 valence electrons. The highest BCUT2D eigenvalue weighted by atomic mass is 16.7. The lowest BCUT2D eigenvalue weighted by Crippen LogP contribution is -2.32. The number of fused-ring (bicyclic) bond motifs is 1. The Morgan fingerprint density at radius 2 is 2.14 bits per heavy atom. The Balaban J connectivity index is 1.71. The van der Waals surface area contributed by atoms with Crippen molar-refractivity contribution in [1.29, 1.82) is 0 Å². The number of nitrogens with zero attached hydrogens (tertiary/aromatic N) is 1. The zero-order valence-corrected chi connectivity index (χ0v) is 12.6. The first-order valence-corrected chi connectivity index (χ1v) is 7.10. The summed E-state index contributed by atoms with van der Waals surface area (Å²) >= 11 is 0. The lowest BCUT2D eigenvalue weighted by atomic mass is 9.86. The number of hydrogen-bond acceptors (Lipinski definition) is 5. The van der Waals surface area contributed by atoms with Crippen molar-refractivity contribution in [3.8, 4) is 11.5 Å². The molecule has 0 amide bonds. The fourth-order valence-corrected chi connectivity index (χ4v) is 2.20. The van der Waals surface area contributed by atoms with Gasteiger partial charge in [0.05, 0.1) is 0 Å². The van der Waals surface area contributed by atoms with E-state index in [1.807, 2.05) is 32.0 Å². The molecule has 0 aromatic heterocycles. The maximum Gasteiger partial charge on any atom is 0.231 e. The van der Waals surface area contributed by atoms with Crippen LogP contribution < -0.4 is 20.5 Å². The first kappa shape index (κ1) is 15.4. The van der Waals surface area contributed by atoms with Crippen LogP contribution >= 0.6 is 0 Å². The van der Waals surface area contributed by atoms with Gasteiger partial charge in [-0.3, -0.25) is 0 Å². The smallest absolute Gasteiger partial charge is 0.231 e. The SMILES string of the molecule is CC(C)(CCCNCc1ccc2c(c1)OCO2)C(N)=NO. The Morgan fingerprint density at radius 1 is 1.38 bits per heavy atom. The molecule has 1 aromatic carbocycles. The summed E-state index contributed by atoms with van der Waals surface area (Å²) in [5.74, 6) is 1.89. The van der Waals surface area contributed by atoms with Crippen molar-refractivity contribution in [3.05, 3.63) is 23.8 Å². The van der Waals surface area contributed by atoms with Gasteiger partial charge in [0.25, 0.3) is 0 Å². The lowest BCUT2D eigenvalue weighted by Gasteiger charge is -2.22. The summed E-state index contributed by atoms with van der Waals surface area (Å²) in [6.07, 6.45) is 1.81. The predicted molar refractivity (Wildman–Crippen MR) is 80.7 cm³/mol. The predicted octanol–water partition coefficient (Wildman–Crippen LogP) is 2.06. The molecule has 6 heteroatoms. The molecule has 1 aliphatic rings. The Labute approximate surface area is 124 Å². The molecule has 0 aliphatic carbocycles. The van der Waals surface area contributed by atoms with Gasteiger partial charge in [0.15, 0.2) is 11.5 Å². The zero-order valence-electron chi connectivity index (χ0n) is 12.6. The maximum absolute atomic E-state index is 8.72. The highest BCUT2D eigenvalue weighted by Gasteiger charge is 2.22. The summed E-state index contributed by atoms with van der Waals surface area (Å²) in [7, 11) is 0. The van der Waals surface area contributed by atoms with Crippen LogP contribution in [0.4, 0.5) is 0 Å². The Bertz CT molecular complexity index is 515. The molecule has 0 saturated heterocycles. The molecule has 2 rings (SSSR count). The molecular weight excluding hydrogens is 270 g/mol. The van der Waals surface area contributed by atoms with E-state index in [1.165, 1.54) is 0 Å². The second-order valence-electron chi connectivity index (χ2n) is 5.84. The summed E-state index contributed by atoms with van der Waals surface area (Å²) in [5, 5.41) is 15.2. The second-order valence-corrected chi connectivity index (χ2v) is 5.84. The number of rotatable bonds is 7. The quantitative estimate of drug-likeness (QED) is 0.235. The molecule has 0 radical (unpaired) electrons. The van der Waals surface area contributed by atoms with Gasteiger partial charge in [0.1, 0.15) is 5.84 Å². The fourth-order valence-electron chi connectivity index (χ4n) is 2.20. The summed E-state index contributed by atoms with van der Waals surface area (Å²) in [6, 6.07) is 5.96. The van der Waals surface area contributed by atoms with Gasteiger partial charge >= 0.3 is 0 Å². The molecule has 0 bridgehead atoms. The molecule has 6 nitrogen and oxygen atoms in total. The van der Waals surface area contributed by atoms with Gasteiger partial charge < -0.3 is 25.7 Å². The largest absolute Gasteiger partial charge is 0.454 e. The Hall–Kier alpha value is -1.95. The van der Waals surface area contributed by atoms with E-state index in [-0.39, 0.29) is 11.3 Å². The number of nitrogens with two attached hydrogens (primary N) is 1. The second kappa shape index (κ2) is 6.67. The average Bonchev–Trinajstić information content (AvgIpc) is 2.93. The van der Waals surface area contributed by atoms with Gasteiger partial charge in [-0.05, 0) is 37.1 Å². The third-order valence-electron chi connectivity index (χ3n) is 3.72. The van der Waals surface area contributed by atoms with Crippen molar-refractivity contribution in [2.45, 2.75) is 33.2 Å². The van der Waals surface area contributed by atoms with Gasteiger partial charge in [0, 0.05) is 12.0 Å². The van der Waals surface area contributed by atoms with Gasteiger partial charge in [-0.1, -0.05) is 25.1 Å². The molecule has 21 heavy (non-hydrogen) atoms. The van der Waals surface area contributed by atoms with Crippen LogP contribution in [-0.2, 0) is 6.54 Å². The van der Waals surface area contributed by atoms with E-state index in [4.69, 9.17) is 20.4 Å². The molecule has 1 heterocycles. The van der Waals surface area contributed by atoms with Crippen LogP contribution in [0.3, 0.4) is 0 Å². The van der Waals surface area contributed by atoms with Crippen LogP contribution in [0, 0.1) is 5.41 Å². The molecule has 1 aliphatic heterocycles. The summed E-state index contributed by atoms with van der Waals surface area (Å²) < 4.78 is 10.6. The van der Waals surface area contributed by atoms with Gasteiger partial charge in [-0.2, -0.15) is 0 Å². The molecule has 0 saturated carbocycles. The molecule has 0 atom stereocenters. The standard InChI is InChI=1S/C15H23N3O3/c1-15(2,14(16)18-19)6-3-7-17-9-11-4-5-12-13(8-11)21-10-20-12/h4-5,8,17,19H,3,6-7,9-10H2,1-2H3,(H2,16,18). The van der Waals surface area contributed by atoms with Crippen LogP contribution in [0.15, 0.2) is 23.4 Å². The monoisotopic (exact) mass is 293 g/mol. The van der Waals surface area contributed by atoms with Crippen molar-refractivity contribution in [2.24, 2.45) is 16.3 Å². The maximum atomic E-state index is 8.72. The molecule has 0 spiro atoms. The van der Waals surface area contributed by atoms with Crippen LogP contribution in [0.25, 0.3) is 0 Å². The normalized spacial score (nSPS) is 14.5. The number of amidine groups is 1. The van der Waals surface area contributed by atoms with E-state index in [0.717, 1.165) is 43.0 Å². The highest BCUT2D eigenvalue weighted by Crippen LogP contribution is 2.32. The Morgan fingerprint density at radius 3 is 2.90 bits per heavy atom. The molecule has 0 unspecified atom stereocenters. The minimum Gasteiger partial charge on any atom is -0.454 e. The fraction of sp³-hybridized carbons (Fsp3) is 0.533. The Kier molecular flexibility index (Phi) is 4.90. The van der Waals surface area contributed by atoms with Crippen LogP contribution in [-0.4, -0.2) is 24.4 Å². The van der Waals surface area contributed by atoms with E-state index in [9.17, 15) is 0 Å². The summed E-state index contributed by atoms with van der Waals surface area (Å²) in [4.78, 5) is 0. The average molecular weight is 293 g/mol. The van der Waals surface area contributed by atoms with Crippen molar-refractivity contribution in [1.82, 2.24) is 5.32 Å². The highest BCUT2D eigenvalue weighted by molar-refractivity contribution is 5.85. The molecule has 0 fully saturated rings. The van der Waals surface area contributed by atoms with Gasteiger partial charge in [-0.15, -0.1) is 0 Å². The van der Waals surface area contributed by atoms with E-state index in [2.05, 4.69) is 10.5 Å². The number of nitrogens with one attached hydrogen (secondary N) is 1. The number of hydrogen-bond donors (Lipinski definition) is 3. The topological polar surface area (TPSA) is 89.1 Å². The first-order chi connectivity index (χ1) is 10.0. The van der Waals surface area contributed by atoms with Crippen molar-refractivity contribution in [2.75, 3.05) is 13.3 Å². The third-order valence-corrected chi connectivity index (χ3v) is 3.72. The number of ether oxygens (including phenoxy) is 2. The van der Waals surface area contributed by atoms with Crippen LogP contribution in [0.5, 0.6) is 11.5 Å². The number of benzene rings is 1. The summed E-state index contributed by atoms with van der Waals surface area (Å²) in [5.41, 5.74) is 6.54. The third kappa shape index (κ3) is 4.01. The van der Waals surface area contributed by atoms with E-state index < -0.39 is 0 Å².